The number of hydrogen-bond acceptors (Lipinski definition) is 4. The van der Waals surface area contributed by atoms with Crippen LogP contribution in [0.1, 0.15) is 0 Å². The summed E-state index contributed by atoms with van der Waals surface area (Å²) in [5, 5.41) is 2.96. The molecule has 1 aliphatic heterocycles. The molecule has 3 heterocycles. The molecule has 0 saturated carbocycles. The Hall–Kier alpha value is -3.74. The van der Waals surface area contributed by atoms with Gasteiger partial charge in [-0.05, 0) is 36.4 Å². The molecule has 7 heteroatoms. The highest BCUT2D eigenvalue weighted by atomic mass is 16.5. The van der Waals surface area contributed by atoms with Gasteiger partial charge in [0.05, 0.1) is 23.7 Å². The summed E-state index contributed by atoms with van der Waals surface area (Å²) in [6.07, 6.45) is 2.07. The SMILES string of the molecule is COc1cccc(NC(=O)N2CCN(c3nc4ccccc4n4cccc34)CC2)c1. The van der Waals surface area contributed by atoms with Gasteiger partial charge in [-0.15, -0.1) is 0 Å². The molecule has 30 heavy (non-hydrogen) atoms. The Morgan fingerprint density at radius 2 is 1.77 bits per heavy atom. The van der Waals surface area contributed by atoms with Gasteiger partial charge in [0.25, 0.3) is 0 Å². The molecule has 4 aromatic rings. The molecule has 2 aromatic carbocycles. The molecule has 7 nitrogen and oxygen atoms in total. The number of para-hydroxylation sites is 2. The highest BCUT2D eigenvalue weighted by Crippen LogP contribution is 2.26. The second-order valence-electron chi connectivity index (χ2n) is 7.32. The fraction of sp³-hybridized carbons (Fsp3) is 0.217. The summed E-state index contributed by atoms with van der Waals surface area (Å²) in [4.78, 5) is 21.7. The van der Waals surface area contributed by atoms with Crippen LogP contribution in [-0.4, -0.2) is 53.6 Å². The Labute approximate surface area is 174 Å². The van der Waals surface area contributed by atoms with Gasteiger partial charge in [-0.3, -0.25) is 0 Å². The summed E-state index contributed by atoms with van der Waals surface area (Å²) in [5.41, 5.74) is 3.88. The zero-order valence-electron chi connectivity index (χ0n) is 16.8. The number of anilines is 2. The van der Waals surface area contributed by atoms with Crippen LogP contribution in [0.5, 0.6) is 5.75 Å². The molecule has 0 radical (unpaired) electrons. The highest BCUT2D eigenvalue weighted by molar-refractivity contribution is 5.90. The Bertz CT molecular complexity index is 1210. The summed E-state index contributed by atoms with van der Waals surface area (Å²) < 4.78 is 7.40. The first-order chi connectivity index (χ1) is 14.7. The van der Waals surface area contributed by atoms with E-state index in [9.17, 15) is 4.79 Å². The highest BCUT2D eigenvalue weighted by Gasteiger charge is 2.24. The number of carbonyl (C=O) groups is 1. The number of amides is 2. The standard InChI is InChI=1S/C23H23N5O2/c1-30-18-7-4-6-17(16-18)24-23(29)27-14-12-26(13-15-27)22-21-10-5-11-28(21)20-9-3-2-8-19(20)25-22/h2-11,16H,12-15H2,1H3,(H,24,29). The summed E-state index contributed by atoms with van der Waals surface area (Å²) in [7, 11) is 1.61. The molecule has 0 unspecified atom stereocenters. The third kappa shape index (κ3) is 3.28. The number of carbonyl (C=O) groups excluding carboxylic acids is 1. The van der Waals surface area contributed by atoms with E-state index in [-0.39, 0.29) is 6.03 Å². The fourth-order valence-electron chi connectivity index (χ4n) is 3.96. The molecule has 0 bridgehead atoms. The van der Waals surface area contributed by atoms with Gasteiger partial charge < -0.3 is 24.3 Å². The first-order valence-corrected chi connectivity index (χ1v) is 10.0. The van der Waals surface area contributed by atoms with Crippen molar-refractivity contribution in [3.63, 3.8) is 0 Å². The third-order valence-electron chi connectivity index (χ3n) is 5.53. The van der Waals surface area contributed by atoms with E-state index in [1.807, 2.05) is 53.4 Å². The maximum absolute atomic E-state index is 12.7. The fourth-order valence-corrected chi connectivity index (χ4v) is 3.96. The molecule has 0 atom stereocenters. The zero-order chi connectivity index (χ0) is 20.5. The van der Waals surface area contributed by atoms with E-state index in [2.05, 4.69) is 32.9 Å². The van der Waals surface area contributed by atoms with E-state index in [0.29, 0.717) is 13.1 Å². The van der Waals surface area contributed by atoms with Crippen LogP contribution in [0.15, 0.2) is 66.9 Å². The minimum absolute atomic E-state index is 0.0952. The topological polar surface area (TPSA) is 62.1 Å². The van der Waals surface area contributed by atoms with Gasteiger partial charge in [0, 0.05) is 44.1 Å². The molecular formula is C23H23N5O2. The molecule has 1 fully saturated rings. The van der Waals surface area contributed by atoms with Crippen molar-refractivity contribution in [3.05, 3.63) is 66.9 Å². The summed E-state index contributed by atoms with van der Waals surface area (Å²) in [6, 6.07) is 19.6. The average molecular weight is 401 g/mol. The van der Waals surface area contributed by atoms with Gasteiger partial charge in [0.15, 0.2) is 5.82 Å². The predicted molar refractivity (Wildman–Crippen MR) is 118 cm³/mol. The normalized spacial score (nSPS) is 14.3. The zero-order valence-corrected chi connectivity index (χ0v) is 16.8. The number of nitrogens with zero attached hydrogens (tertiary/aromatic N) is 4. The molecule has 152 valence electrons. The maximum Gasteiger partial charge on any atom is 0.321 e. The van der Waals surface area contributed by atoms with Gasteiger partial charge in [-0.2, -0.15) is 0 Å². The van der Waals surface area contributed by atoms with Gasteiger partial charge >= 0.3 is 6.03 Å². The second kappa shape index (κ2) is 7.59. The number of benzene rings is 2. The molecule has 1 saturated heterocycles. The summed E-state index contributed by atoms with van der Waals surface area (Å²) in [6.45, 7) is 2.74. The lowest BCUT2D eigenvalue weighted by Crippen LogP contribution is -2.50. The number of piperazine rings is 1. The monoisotopic (exact) mass is 401 g/mol. The predicted octanol–water partition coefficient (Wildman–Crippen LogP) is 3.85. The van der Waals surface area contributed by atoms with Crippen LogP contribution in [0.4, 0.5) is 16.3 Å². The van der Waals surface area contributed by atoms with Gasteiger partial charge in [-0.1, -0.05) is 18.2 Å². The summed E-state index contributed by atoms with van der Waals surface area (Å²) in [5.74, 6) is 1.68. The Balaban J connectivity index is 1.32. The molecule has 0 spiro atoms. The van der Waals surface area contributed by atoms with E-state index < -0.39 is 0 Å². The number of methoxy groups -OCH3 is 1. The summed E-state index contributed by atoms with van der Waals surface area (Å²) >= 11 is 0. The Morgan fingerprint density at radius 3 is 2.60 bits per heavy atom. The van der Waals surface area contributed by atoms with Gasteiger partial charge in [0.2, 0.25) is 0 Å². The van der Waals surface area contributed by atoms with Crippen LogP contribution in [0.3, 0.4) is 0 Å². The van der Waals surface area contributed by atoms with E-state index in [4.69, 9.17) is 9.72 Å². The van der Waals surface area contributed by atoms with Crippen LogP contribution in [0, 0.1) is 0 Å². The van der Waals surface area contributed by atoms with E-state index in [0.717, 1.165) is 46.9 Å². The minimum Gasteiger partial charge on any atom is -0.497 e. The number of nitrogens with one attached hydrogen (secondary N) is 1. The maximum atomic E-state index is 12.7. The van der Waals surface area contributed by atoms with Crippen molar-refractivity contribution in [1.29, 1.82) is 0 Å². The molecule has 1 aliphatic rings. The molecule has 2 amide bonds. The van der Waals surface area contributed by atoms with Crippen molar-refractivity contribution in [3.8, 4) is 5.75 Å². The number of hydrogen-bond donors (Lipinski definition) is 1. The van der Waals surface area contributed by atoms with E-state index in [1.165, 1.54) is 0 Å². The number of rotatable bonds is 3. The quantitative estimate of drug-likeness (QED) is 0.566. The van der Waals surface area contributed by atoms with Crippen molar-refractivity contribution in [2.45, 2.75) is 0 Å². The van der Waals surface area contributed by atoms with Gasteiger partial charge in [-0.25, -0.2) is 9.78 Å². The van der Waals surface area contributed by atoms with Crippen LogP contribution in [0.2, 0.25) is 0 Å². The van der Waals surface area contributed by atoms with Crippen LogP contribution in [-0.2, 0) is 0 Å². The van der Waals surface area contributed by atoms with Crippen molar-refractivity contribution < 1.29 is 9.53 Å². The minimum atomic E-state index is -0.0952. The number of aromatic nitrogens is 2. The first kappa shape index (κ1) is 18.3. The van der Waals surface area contributed by atoms with Crippen molar-refractivity contribution in [2.75, 3.05) is 43.5 Å². The molecule has 1 N–H and O–H groups in total. The smallest absolute Gasteiger partial charge is 0.321 e. The lowest BCUT2D eigenvalue weighted by atomic mass is 10.2. The van der Waals surface area contributed by atoms with E-state index in [1.54, 1.807) is 7.11 Å². The van der Waals surface area contributed by atoms with Crippen molar-refractivity contribution in [1.82, 2.24) is 14.3 Å². The van der Waals surface area contributed by atoms with Gasteiger partial charge in [0.1, 0.15) is 5.75 Å². The number of fused-ring (bicyclic) bond motifs is 3. The largest absolute Gasteiger partial charge is 0.497 e. The van der Waals surface area contributed by atoms with E-state index >= 15 is 0 Å². The number of urea groups is 1. The molecule has 2 aromatic heterocycles. The lowest BCUT2D eigenvalue weighted by molar-refractivity contribution is 0.208. The first-order valence-electron chi connectivity index (χ1n) is 10.0. The molecular weight excluding hydrogens is 378 g/mol. The van der Waals surface area contributed by atoms with Crippen LogP contribution in [0.25, 0.3) is 16.6 Å². The Morgan fingerprint density at radius 1 is 0.967 bits per heavy atom. The van der Waals surface area contributed by atoms with Crippen molar-refractivity contribution >= 4 is 34.1 Å². The molecule has 5 rings (SSSR count). The molecule has 0 aliphatic carbocycles. The second-order valence-corrected chi connectivity index (χ2v) is 7.32. The lowest BCUT2D eigenvalue weighted by Gasteiger charge is -2.35. The Kier molecular flexibility index (Phi) is 4.63. The average Bonchev–Trinajstić information content (AvgIpc) is 3.29. The van der Waals surface area contributed by atoms with Crippen LogP contribution >= 0.6 is 0 Å². The number of ether oxygens (including phenoxy) is 1. The van der Waals surface area contributed by atoms with Crippen LogP contribution < -0.4 is 15.0 Å². The van der Waals surface area contributed by atoms with Crippen molar-refractivity contribution in [2.24, 2.45) is 0 Å². The third-order valence-corrected chi connectivity index (χ3v) is 5.53.